The largest absolute Gasteiger partial charge is 0.460 e. The Kier molecular flexibility index (Phi) is 4.80. The van der Waals surface area contributed by atoms with Crippen molar-refractivity contribution in [3.05, 3.63) is 34.3 Å². The van der Waals surface area contributed by atoms with Gasteiger partial charge in [-0.15, -0.1) is 0 Å². The van der Waals surface area contributed by atoms with Gasteiger partial charge in [0.05, 0.1) is 5.41 Å². The fourth-order valence-electron chi connectivity index (χ4n) is 1.65. The van der Waals surface area contributed by atoms with E-state index in [2.05, 4.69) is 15.9 Å². The zero-order valence-corrected chi connectivity index (χ0v) is 13.7. The summed E-state index contributed by atoms with van der Waals surface area (Å²) in [7, 11) is 0. The number of esters is 1. The van der Waals surface area contributed by atoms with Gasteiger partial charge < -0.3 is 10.5 Å². The molecule has 0 aromatic heterocycles. The van der Waals surface area contributed by atoms with Crippen molar-refractivity contribution in [1.82, 2.24) is 0 Å². The zero-order valence-electron chi connectivity index (χ0n) is 12.2. The van der Waals surface area contributed by atoms with Gasteiger partial charge >= 0.3 is 5.97 Å². The van der Waals surface area contributed by atoms with Crippen LogP contribution in [-0.2, 0) is 9.53 Å². The first-order valence-corrected chi connectivity index (χ1v) is 7.08. The first-order valence-electron chi connectivity index (χ1n) is 6.29. The predicted octanol–water partition coefficient (Wildman–Crippen LogP) is 3.82. The Morgan fingerprint density at radius 1 is 1.21 bits per heavy atom. The molecule has 0 radical (unpaired) electrons. The first kappa shape index (κ1) is 16.2. The topological polar surface area (TPSA) is 52.3 Å². The molecule has 1 aromatic rings. The van der Waals surface area contributed by atoms with Crippen LogP contribution < -0.4 is 5.73 Å². The summed E-state index contributed by atoms with van der Waals surface area (Å²) in [6.07, 6.45) is 0. The van der Waals surface area contributed by atoms with Gasteiger partial charge in [-0.25, -0.2) is 0 Å². The summed E-state index contributed by atoms with van der Waals surface area (Å²) in [5, 5.41) is 0. The maximum atomic E-state index is 12.3. The molecule has 0 aliphatic carbocycles. The number of hydrogen-bond donors (Lipinski definition) is 1. The van der Waals surface area contributed by atoms with Crippen molar-refractivity contribution >= 4 is 21.9 Å². The number of benzene rings is 1. The van der Waals surface area contributed by atoms with E-state index in [-0.39, 0.29) is 5.97 Å². The fraction of sp³-hybridized carbons (Fsp3) is 0.533. The lowest BCUT2D eigenvalue weighted by atomic mass is 9.81. The zero-order chi connectivity index (χ0) is 14.8. The van der Waals surface area contributed by atoms with E-state index in [4.69, 9.17) is 10.5 Å². The summed E-state index contributed by atoms with van der Waals surface area (Å²) in [6, 6.07) is 7.23. The van der Waals surface area contributed by atoms with Crippen molar-refractivity contribution < 1.29 is 9.53 Å². The van der Waals surface area contributed by atoms with E-state index < -0.39 is 17.1 Å². The molecule has 4 heteroatoms. The van der Waals surface area contributed by atoms with Crippen LogP contribution in [0.1, 0.15) is 46.2 Å². The second-order valence-electron chi connectivity index (χ2n) is 6.22. The number of halogens is 1. The first-order chi connectivity index (χ1) is 8.55. The van der Waals surface area contributed by atoms with Crippen molar-refractivity contribution in [3.63, 3.8) is 0 Å². The summed E-state index contributed by atoms with van der Waals surface area (Å²) < 4.78 is 6.35. The minimum absolute atomic E-state index is 0.289. The predicted molar refractivity (Wildman–Crippen MR) is 80.7 cm³/mol. The fourth-order valence-corrected chi connectivity index (χ4v) is 2.18. The molecular formula is C15H22BrNO2. The number of carbonyl (C=O) groups excluding carboxylic acids is 1. The molecule has 1 aromatic carbocycles. The lowest BCUT2D eigenvalue weighted by Crippen LogP contribution is -2.41. The Hall–Kier alpha value is -0.870. The Balaban J connectivity index is 3.00. The normalized spacial score (nSPS) is 14.1. The van der Waals surface area contributed by atoms with Gasteiger partial charge in [0.1, 0.15) is 5.60 Å². The third-order valence-electron chi connectivity index (χ3n) is 2.94. The van der Waals surface area contributed by atoms with Crippen molar-refractivity contribution in [2.45, 2.75) is 46.3 Å². The van der Waals surface area contributed by atoms with Gasteiger partial charge in [-0.05, 0) is 46.2 Å². The van der Waals surface area contributed by atoms with Crippen molar-refractivity contribution in [1.29, 1.82) is 0 Å². The number of hydrogen-bond acceptors (Lipinski definition) is 3. The lowest BCUT2D eigenvalue weighted by Gasteiger charge is -2.33. The highest BCUT2D eigenvalue weighted by atomic mass is 79.9. The quantitative estimate of drug-likeness (QED) is 0.858. The smallest absolute Gasteiger partial charge is 0.313 e. The second-order valence-corrected chi connectivity index (χ2v) is 7.08. The van der Waals surface area contributed by atoms with E-state index in [0.29, 0.717) is 0 Å². The molecule has 1 rings (SSSR count). The summed E-state index contributed by atoms with van der Waals surface area (Å²) in [4.78, 5) is 12.3. The molecule has 0 bridgehead atoms. The minimum Gasteiger partial charge on any atom is -0.460 e. The van der Waals surface area contributed by atoms with Gasteiger partial charge in [0.25, 0.3) is 0 Å². The van der Waals surface area contributed by atoms with Gasteiger partial charge in [-0.3, -0.25) is 4.79 Å². The molecule has 0 spiro atoms. The van der Waals surface area contributed by atoms with Crippen molar-refractivity contribution in [3.8, 4) is 0 Å². The Morgan fingerprint density at radius 3 is 2.21 bits per heavy atom. The van der Waals surface area contributed by atoms with Crippen LogP contribution in [0.4, 0.5) is 0 Å². The molecule has 0 aliphatic rings. The average Bonchev–Trinajstić information content (AvgIpc) is 2.26. The van der Waals surface area contributed by atoms with E-state index in [1.165, 1.54) is 0 Å². The lowest BCUT2D eigenvalue weighted by molar-refractivity contribution is -0.167. The highest BCUT2D eigenvalue weighted by Crippen LogP contribution is 2.36. The monoisotopic (exact) mass is 327 g/mol. The van der Waals surface area contributed by atoms with Gasteiger partial charge in [0, 0.05) is 10.5 Å². The van der Waals surface area contributed by atoms with Crippen molar-refractivity contribution in [2.75, 3.05) is 0 Å². The Morgan fingerprint density at radius 2 is 1.74 bits per heavy atom. The highest BCUT2D eigenvalue weighted by molar-refractivity contribution is 9.10. The van der Waals surface area contributed by atoms with Crippen molar-refractivity contribution in [2.24, 2.45) is 11.1 Å². The number of ether oxygens (including phenoxy) is 1. The van der Waals surface area contributed by atoms with E-state index in [9.17, 15) is 4.79 Å². The molecule has 3 nitrogen and oxygen atoms in total. The summed E-state index contributed by atoms with van der Waals surface area (Å²) in [5.74, 6) is -0.289. The van der Waals surface area contributed by atoms with Gasteiger partial charge in [-0.2, -0.15) is 0 Å². The molecule has 0 fully saturated rings. The van der Waals surface area contributed by atoms with E-state index in [0.717, 1.165) is 10.0 Å². The Labute approximate surface area is 123 Å². The van der Waals surface area contributed by atoms with E-state index >= 15 is 0 Å². The number of rotatable bonds is 3. The summed E-state index contributed by atoms with van der Waals surface area (Å²) >= 11 is 3.47. The molecular weight excluding hydrogens is 306 g/mol. The van der Waals surface area contributed by atoms with Gasteiger partial charge in [0.15, 0.2) is 0 Å². The standard InChI is InChI=1S/C15H22BrNO2/c1-14(2,3)19-13(18)15(4,5)12(17)10-8-6-7-9-11(10)16/h6-9,12H,17H2,1-5H3. The van der Waals surface area contributed by atoms with Crippen LogP contribution in [0.15, 0.2) is 28.7 Å². The second kappa shape index (κ2) is 5.63. The van der Waals surface area contributed by atoms with Crippen LogP contribution in [-0.4, -0.2) is 11.6 Å². The SMILES string of the molecule is CC(C)(C)OC(=O)C(C)(C)C(N)c1ccccc1Br. The van der Waals surface area contributed by atoms with Crippen LogP contribution in [0, 0.1) is 5.41 Å². The van der Waals surface area contributed by atoms with E-state index in [1.54, 1.807) is 0 Å². The maximum absolute atomic E-state index is 12.3. The molecule has 0 amide bonds. The molecule has 0 saturated heterocycles. The summed E-state index contributed by atoms with van der Waals surface area (Å²) in [6.45, 7) is 9.18. The third-order valence-corrected chi connectivity index (χ3v) is 3.66. The van der Waals surface area contributed by atoms with Crippen LogP contribution in [0.25, 0.3) is 0 Å². The molecule has 0 aliphatic heterocycles. The molecule has 0 heterocycles. The minimum atomic E-state index is -0.794. The average molecular weight is 328 g/mol. The molecule has 0 saturated carbocycles. The number of nitrogens with two attached hydrogens (primary N) is 1. The maximum Gasteiger partial charge on any atom is 0.313 e. The molecule has 19 heavy (non-hydrogen) atoms. The van der Waals surface area contributed by atoms with Crippen LogP contribution in [0.3, 0.4) is 0 Å². The van der Waals surface area contributed by atoms with Gasteiger partial charge in [-0.1, -0.05) is 34.1 Å². The van der Waals surface area contributed by atoms with Crippen LogP contribution in [0.5, 0.6) is 0 Å². The molecule has 1 unspecified atom stereocenters. The highest BCUT2D eigenvalue weighted by Gasteiger charge is 2.39. The van der Waals surface area contributed by atoms with E-state index in [1.807, 2.05) is 58.9 Å². The van der Waals surface area contributed by atoms with Gasteiger partial charge in [0.2, 0.25) is 0 Å². The molecule has 2 N–H and O–H groups in total. The number of carbonyl (C=O) groups is 1. The summed E-state index contributed by atoms with van der Waals surface area (Å²) in [5.41, 5.74) is 5.86. The van der Waals surface area contributed by atoms with Crippen LogP contribution >= 0.6 is 15.9 Å². The Bertz CT molecular complexity index is 463. The molecule has 106 valence electrons. The van der Waals surface area contributed by atoms with Crippen LogP contribution in [0.2, 0.25) is 0 Å². The molecule has 1 atom stereocenters. The third kappa shape index (κ3) is 4.05.